The molecular weight excluding hydrogens is 479 g/mol. The van der Waals surface area contributed by atoms with Gasteiger partial charge in [0.1, 0.15) is 4.90 Å². The number of sulfonamides is 1. The van der Waals surface area contributed by atoms with E-state index in [2.05, 4.69) is 14.7 Å². The number of hydrogen-bond donors (Lipinski definition) is 1. The molecule has 2 aromatic carbocycles. The second-order valence-corrected chi connectivity index (χ2v) is 9.96. The van der Waals surface area contributed by atoms with Crippen molar-refractivity contribution >= 4 is 57.0 Å². The molecule has 0 aliphatic carbocycles. The summed E-state index contributed by atoms with van der Waals surface area (Å²) in [7, 11) is -4.21. The van der Waals surface area contributed by atoms with Crippen LogP contribution in [0.1, 0.15) is 11.4 Å². The Kier molecular flexibility index (Phi) is 7.42. The highest BCUT2D eigenvalue weighted by molar-refractivity contribution is 7.99. The van der Waals surface area contributed by atoms with Crippen LogP contribution in [0, 0.1) is 13.8 Å². The molecule has 0 radical (unpaired) electrons. The zero-order chi connectivity index (χ0) is 22.6. The van der Waals surface area contributed by atoms with Crippen molar-refractivity contribution in [1.82, 2.24) is 14.7 Å². The number of amides is 2. The van der Waals surface area contributed by atoms with Gasteiger partial charge in [0.15, 0.2) is 0 Å². The van der Waals surface area contributed by atoms with E-state index in [-0.39, 0.29) is 21.7 Å². The van der Waals surface area contributed by atoms with Crippen LogP contribution in [-0.4, -0.2) is 30.3 Å². The Morgan fingerprint density at radius 3 is 2.26 bits per heavy atom. The highest BCUT2D eigenvalue weighted by Gasteiger charge is 2.26. The van der Waals surface area contributed by atoms with E-state index >= 15 is 0 Å². The molecule has 11 heteroatoms. The number of benzene rings is 2. The van der Waals surface area contributed by atoms with E-state index in [0.717, 1.165) is 9.80 Å². The SMILES string of the molecule is Cc1cc(C)nc(N(CSc2ccc(Cl)cc2)C(=O)NS(=O)(=O)c2ccccc2Cl)n1. The second-order valence-electron chi connectivity index (χ2n) is 6.45. The molecule has 7 nitrogen and oxygen atoms in total. The maximum Gasteiger partial charge on any atom is 0.338 e. The number of nitrogens with zero attached hydrogens (tertiary/aromatic N) is 3. The van der Waals surface area contributed by atoms with E-state index in [1.165, 1.54) is 30.0 Å². The smallest absolute Gasteiger partial charge is 0.251 e. The molecule has 0 aliphatic heterocycles. The monoisotopic (exact) mass is 496 g/mol. The lowest BCUT2D eigenvalue weighted by Gasteiger charge is -2.21. The largest absolute Gasteiger partial charge is 0.338 e. The average molecular weight is 497 g/mol. The first-order valence-electron chi connectivity index (χ1n) is 8.95. The number of carbonyl (C=O) groups excluding carboxylic acids is 1. The molecule has 31 heavy (non-hydrogen) atoms. The van der Waals surface area contributed by atoms with E-state index in [4.69, 9.17) is 23.2 Å². The fraction of sp³-hybridized carbons (Fsp3) is 0.150. The first-order chi connectivity index (χ1) is 14.7. The lowest BCUT2D eigenvalue weighted by molar-refractivity contribution is 0.251. The van der Waals surface area contributed by atoms with Crippen molar-refractivity contribution in [2.75, 3.05) is 10.8 Å². The quantitative estimate of drug-likeness (QED) is 0.378. The molecule has 1 heterocycles. The van der Waals surface area contributed by atoms with Crippen LogP contribution in [0.25, 0.3) is 0 Å². The van der Waals surface area contributed by atoms with Gasteiger partial charge in [-0.2, -0.15) is 0 Å². The first kappa shape index (κ1) is 23.3. The molecule has 0 saturated heterocycles. The molecule has 3 rings (SSSR count). The summed E-state index contributed by atoms with van der Waals surface area (Å²) in [5.41, 5.74) is 1.29. The fourth-order valence-electron chi connectivity index (χ4n) is 2.59. The van der Waals surface area contributed by atoms with Crippen LogP contribution < -0.4 is 9.62 Å². The summed E-state index contributed by atoms with van der Waals surface area (Å²) in [5.74, 6) is 0.153. The third-order valence-corrected chi connectivity index (χ3v) is 7.04. The van der Waals surface area contributed by atoms with Gasteiger partial charge < -0.3 is 0 Å². The minimum atomic E-state index is -4.21. The van der Waals surface area contributed by atoms with Gasteiger partial charge in [0.2, 0.25) is 5.95 Å². The van der Waals surface area contributed by atoms with Gasteiger partial charge >= 0.3 is 6.03 Å². The van der Waals surface area contributed by atoms with Gasteiger partial charge in [0.25, 0.3) is 10.0 Å². The van der Waals surface area contributed by atoms with Crippen molar-refractivity contribution in [2.24, 2.45) is 0 Å². The van der Waals surface area contributed by atoms with E-state index in [9.17, 15) is 13.2 Å². The number of aryl methyl sites for hydroxylation is 2. The molecule has 0 unspecified atom stereocenters. The minimum Gasteiger partial charge on any atom is -0.251 e. The Labute approximate surface area is 194 Å². The van der Waals surface area contributed by atoms with E-state index in [1.807, 2.05) is 0 Å². The minimum absolute atomic E-state index is 0.00698. The summed E-state index contributed by atoms with van der Waals surface area (Å²) in [4.78, 5) is 23.4. The van der Waals surface area contributed by atoms with E-state index in [1.54, 1.807) is 50.2 Å². The van der Waals surface area contributed by atoms with Gasteiger partial charge in [-0.1, -0.05) is 35.3 Å². The molecule has 0 saturated carbocycles. The van der Waals surface area contributed by atoms with E-state index < -0.39 is 16.1 Å². The van der Waals surface area contributed by atoms with Crippen molar-refractivity contribution in [1.29, 1.82) is 0 Å². The number of halogens is 2. The van der Waals surface area contributed by atoms with Crippen molar-refractivity contribution in [2.45, 2.75) is 23.6 Å². The fourth-order valence-corrected chi connectivity index (χ4v) is 5.03. The van der Waals surface area contributed by atoms with E-state index in [0.29, 0.717) is 16.4 Å². The van der Waals surface area contributed by atoms with Gasteiger partial charge in [-0.15, -0.1) is 11.8 Å². The second kappa shape index (κ2) is 9.86. The predicted octanol–water partition coefficient (Wildman–Crippen LogP) is 5.05. The zero-order valence-electron chi connectivity index (χ0n) is 16.5. The highest BCUT2D eigenvalue weighted by Crippen LogP contribution is 2.24. The Morgan fingerprint density at radius 2 is 1.65 bits per heavy atom. The summed E-state index contributed by atoms with van der Waals surface area (Å²) in [6.07, 6.45) is 0. The number of urea groups is 1. The third-order valence-electron chi connectivity index (χ3n) is 3.98. The molecule has 162 valence electrons. The standard InChI is InChI=1S/C20H18Cl2N4O3S2/c1-13-11-14(2)24-19(23-13)26(12-30-16-9-7-15(21)8-10-16)20(27)25-31(28,29)18-6-4-3-5-17(18)22/h3-11H,12H2,1-2H3,(H,25,27). The summed E-state index contributed by atoms with van der Waals surface area (Å²) in [6.45, 7) is 3.53. The molecule has 3 aromatic rings. The van der Waals surface area contributed by atoms with Crippen LogP contribution in [0.3, 0.4) is 0 Å². The van der Waals surface area contributed by atoms with Crippen molar-refractivity contribution in [3.63, 3.8) is 0 Å². The number of aromatic nitrogens is 2. The number of anilines is 1. The molecular formula is C20H18Cl2N4O3S2. The summed E-state index contributed by atoms with van der Waals surface area (Å²) in [5, 5.41) is 0.593. The summed E-state index contributed by atoms with van der Waals surface area (Å²) >= 11 is 13.2. The predicted molar refractivity (Wildman–Crippen MR) is 123 cm³/mol. The van der Waals surface area contributed by atoms with Crippen LogP contribution >= 0.6 is 35.0 Å². The maximum atomic E-state index is 13.0. The molecule has 0 aliphatic rings. The number of nitrogens with one attached hydrogen (secondary N) is 1. The number of carbonyl (C=O) groups is 1. The normalized spacial score (nSPS) is 11.2. The Morgan fingerprint density at radius 1 is 1.03 bits per heavy atom. The first-order valence-corrected chi connectivity index (χ1v) is 12.2. The van der Waals surface area contributed by atoms with Crippen molar-refractivity contribution in [3.05, 3.63) is 76.0 Å². The maximum absolute atomic E-state index is 13.0. The Bertz CT molecular complexity index is 1190. The van der Waals surface area contributed by atoms with Crippen LogP contribution in [0.4, 0.5) is 10.7 Å². The average Bonchev–Trinajstić information content (AvgIpc) is 2.68. The van der Waals surface area contributed by atoms with Gasteiger partial charge in [0, 0.05) is 21.3 Å². The lowest BCUT2D eigenvalue weighted by Crippen LogP contribution is -2.43. The van der Waals surface area contributed by atoms with Gasteiger partial charge in [-0.05, 0) is 56.3 Å². The number of thioether (sulfide) groups is 1. The topological polar surface area (TPSA) is 92.3 Å². The molecule has 0 atom stereocenters. The van der Waals surface area contributed by atoms with Crippen LogP contribution in [0.15, 0.2) is 64.4 Å². The van der Waals surface area contributed by atoms with Gasteiger partial charge in [0.05, 0.1) is 10.9 Å². The van der Waals surface area contributed by atoms with Crippen molar-refractivity contribution < 1.29 is 13.2 Å². The third kappa shape index (κ3) is 6.10. The van der Waals surface area contributed by atoms with Crippen LogP contribution in [-0.2, 0) is 10.0 Å². The Balaban J connectivity index is 1.90. The Hall–Kier alpha value is -2.33. The summed E-state index contributed by atoms with van der Waals surface area (Å²) < 4.78 is 27.5. The van der Waals surface area contributed by atoms with Gasteiger partial charge in [-0.3, -0.25) is 4.90 Å². The number of rotatable bonds is 6. The molecule has 0 fully saturated rings. The molecule has 1 aromatic heterocycles. The number of hydrogen-bond acceptors (Lipinski definition) is 6. The lowest BCUT2D eigenvalue weighted by atomic mass is 10.3. The molecule has 0 spiro atoms. The van der Waals surface area contributed by atoms with Crippen LogP contribution in [0.2, 0.25) is 10.0 Å². The van der Waals surface area contributed by atoms with Crippen LogP contribution in [0.5, 0.6) is 0 Å². The van der Waals surface area contributed by atoms with Crippen molar-refractivity contribution in [3.8, 4) is 0 Å². The molecule has 2 amide bonds. The van der Waals surface area contributed by atoms with Gasteiger partial charge in [-0.25, -0.2) is 27.9 Å². The molecule has 0 bridgehead atoms. The highest BCUT2D eigenvalue weighted by atomic mass is 35.5. The summed E-state index contributed by atoms with van der Waals surface area (Å²) in [6, 6.07) is 13.8. The molecule has 1 N–H and O–H groups in total. The zero-order valence-corrected chi connectivity index (χ0v) is 19.7.